The van der Waals surface area contributed by atoms with Crippen LogP contribution in [-0.2, 0) is 9.47 Å². The highest BCUT2D eigenvalue weighted by molar-refractivity contribution is 5.01. The van der Waals surface area contributed by atoms with Crippen LogP contribution in [0.5, 0.6) is 0 Å². The van der Waals surface area contributed by atoms with Crippen molar-refractivity contribution in [2.45, 2.75) is 51.1 Å². The van der Waals surface area contributed by atoms with Gasteiger partial charge in [-0.3, -0.25) is 4.90 Å². The summed E-state index contributed by atoms with van der Waals surface area (Å²) in [6.07, 6.45) is 5.04. The molecular weight excluding hydrogens is 252 g/mol. The molecule has 20 heavy (non-hydrogen) atoms. The van der Waals surface area contributed by atoms with Gasteiger partial charge in [0.15, 0.2) is 0 Å². The van der Waals surface area contributed by atoms with E-state index < -0.39 is 0 Å². The summed E-state index contributed by atoms with van der Waals surface area (Å²) in [4.78, 5) is 2.62. The second-order valence-electron chi connectivity index (χ2n) is 6.69. The van der Waals surface area contributed by atoms with E-state index >= 15 is 0 Å². The van der Waals surface area contributed by atoms with Crippen molar-refractivity contribution in [1.29, 1.82) is 0 Å². The molecule has 4 heteroatoms. The summed E-state index contributed by atoms with van der Waals surface area (Å²) in [5, 5.41) is 3.80. The number of ether oxygens (including phenoxy) is 2. The number of nitrogens with zero attached hydrogens (tertiary/aromatic N) is 1. The van der Waals surface area contributed by atoms with Crippen LogP contribution in [-0.4, -0.2) is 63.0 Å². The molecule has 0 aromatic carbocycles. The highest BCUT2D eigenvalue weighted by Crippen LogP contribution is 2.40. The maximum absolute atomic E-state index is 5.73. The number of nitrogens with one attached hydrogen (secondary N) is 1. The first kappa shape index (κ1) is 16.2. The Morgan fingerprint density at radius 3 is 2.70 bits per heavy atom. The van der Waals surface area contributed by atoms with E-state index in [1.165, 1.54) is 25.8 Å². The molecule has 2 aliphatic rings. The van der Waals surface area contributed by atoms with Gasteiger partial charge in [-0.2, -0.15) is 0 Å². The highest BCUT2D eigenvalue weighted by atomic mass is 16.5. The monoisotopic (exact) mass is 284 g/mol. The van der Waals surface area contributed by atoms with Gasteiger partial charge in [0.2, 0.25) is 0 Å². The first-order valence-electron chi connectivity index (χ1n) is 8.21. The minimum Gasteiger partial charge on any atom is -0.385 e. The smallest absolute Gasteiger partial charge is 0.0593 e. The lowest BCUT2D eigenvalue weighted by molar-refractivity contribution is 0.0670. The molecule has 1 aliphatic carbocycles. The van der Waals surface area contributed by atoms with E-state index in [0.29, 0.717) is 11.6 Å². The Morgan fingerprint density at radius 1 is 1.20 bits per heavy atom. The molecule has 1 heterocycles. The van der Waals surface area contributed by atoms with Gasteiger partial charge in [-0.1, -0.05) is 0 Å². The molecule has 1 aliphatic heterocycles. The zero-order chi connectivity index (χ0) is 14.4. The van der Waals surface area contributed by atoms with Crippen LogP contribution < -0.4 is 5.32 Å². The minimum absolute atomic E-state index is 0.320. The molecule has 1 saturated heterocycles. The van der Waals surface area contributed by atoms with Crippen molar-refractivity contribution < 1.29 is 9.47 Å². The Hall–Kier alpha value is -0.160. The molecule has 0 radical (unpaired) electrons. The topological polar surface area (TPSA) is 33.7 Å². The van der Waals surface area contributed by atoms with Crippen LogP contribution in [0.3, 0.4) is 0 Å². The normalized spacial score (nSPS) is 32.2. The van der Waals surface area contributed by atoms with E-state index in [1.807, 2.05) is 0 Å². The molecule has 2 atom stereocenters. The second kappa shape index (κ2) is 7.74. The third kappa shape index (κ3) is 4.69. The average Bonchev–Trinajstić information content (AvgIpc) is 3.25. The van der Waals surface area contributed by atoms with Gasteiger partial charge in [0.25, 0.3) is 0 Å². The molecule has 2 rings (SSSR count). The first-order chi connectivity index (χ1) is 9.65. The molecular formula is C16H32N2O2. The zero-order valence-corrected chi connectivity index (χ0v) is 13.5. The van der Waals surface area contributed by atoms with Gasteiger partial charge in [0, 0.05) is 45.0 Å². The van der Waals surface area contributed by atoms with Crippen LogP contribution in [0.25, 0.3) is 0 Å². The highest BCUT2D eigenvalue weighted by Gasteiger charge is 2.43. The van der Waals surface area contributed by atoms with E-state index in [9.17, 15) is 0 Å². The standard InChI is InChI=1S/C16H32N2O2/c1-14-7-8-17-16(2,15-5-6-15)13-18(14)9-12-20-11-4-10-19-3/h14-15,17H,4-13H2,1-3H3. The Kier molecular flexibility index (Phi) is 6.27. The quantitative estimate of drug-likeness (QED) is 0.690. The molecule has 0 bridgehead atoms. The van der Waals surface area contributed by atoms with Crippen molar-refractivity contribution in [3.8, 4) is 0 Å². The third-order valence-corrected chi connectivity index (χ3v) is 4.88. The fraction of sp³-hybridized carbons (Fsp3) is 1.00. The maximum atomic E-state index is 5.73. The summed E-state index contributed by atoms with van der Waals surface area (Å²) < 4.78 is 10.8. The van der Waals surface area contributed by atoms with Crippen LogP contribution in [0.2, 0.25) is 0 Å². The van der Waals surface area contributed by atoms with Gasteiger partial charge in [-0.25, -0.2) is 0 Å². The minimum atomic E-state index is 0.320. The summed E-state index contributed by atoms with van der Waals surface area (Å²) in [5.41, 5.74) is 0.320. The number of hydrogen-bond acceptors (Lipinski definition) is 4. The summed E-state index contributed by atoms with van der Waals surface area (Å²) in [6.45, 7) is 10.6. The van der Waals surface area contributed by atoms with Gasteiger partial charge in [0.1, 0.15) is 0 Å². The molecule has 118 valence electrons. The Balaban J connectivity index is 1.72. The molecule has 4 nitrogen and oxygen atoms in total. The number of methoxy groups -OCH3 is 1. The van der Waals surface area contributed by atoms with Crippen LogP contribution in [0.15, 0.2) is 0 Å². The SMILES string of the molecule is COCCCOCCN1CC(C)(C2CC2)NCCC1C. The van der Waals surface area contributed by atoms with Crippen LogP contribution in [0.1, 0.15) is 39.5 Å². The molecule has 0 amide bonds. The van der Waals surface area contributed by atoms with E-state index in [1.54, 1.807) is 7.11 Å². The maximum Gasteiger partial charge on any atom is 0.0593 e. The van der Waals surface area contributed by atoms with Gasteiger partial charge in [-0.05, 0) is 52.0 Å². The van der Waals surface area contributed by atoms with E-state index in [4.69, 9.17) is 9.47 Å². The number of hydrogen-bond donors (Lipinski definition) is 1. The van der Waals surface area contributed by atoms with Crippen molar-refractivity contribution in [1.82, 2.24) is 10.2 Å². The fourth-order valence-corrected chi connectivity index (χ4v) is 3.27. The number of rotatable bonds is 8. The van der Waals surface area contributed by atoms with E-state index in [2.05, 4.69) is 24.1 Å². The average molecular weight is 284 g/mol. The summed E-state index contributed by atoms with van der Waals surface area (Å²) in [6, 6.07) is 0.658. The van der Waals surface area contributed by atoms with Crippen molar-refractivity contribution in [2.75, 3.05) is 46.6 Å². The summed E-state index contributed by atoms with van der Waals surface area (Å²) in [7, 11) is 1.74. The van der Waals surface area contributed by atoms with Crippen molar-refractivity contribution in [2.24, 2.45) is 5.92 Å². The lowest BCUT2D eigenvalue weighted by atomic mass is 9.95. The van der Waals surface area contributed by atoms with Crippen molar-refractivity contribution in [3.05, 3.63) is 0 Å². The Bertz CT molecular complexity index is 284. The van der Waals surface area contributed by atoms with Gasteiger partial charge < -0.3 is 14.8 Å². The van der Waals surface area contributed by atoms with Gasteiger partial charge in [0.05, 0.1) is 6.61 Å². The van der Waals surface area contributed by atoms with Crippen LogP contribution in [0, 0.1) is 5.92 Å². The summed E-state index contributed by atoms with van der Waals surface area (Å²) >= 11 is 0. The molecule has 2 fully saturated rings. The second-order valence-corrected chi connectivity index (χ2v) is 6.69. The molecule has 2 unspecified atom stereocenters. The Labute approximate surface area is 124 Å². The van der Waals surface area contributed by atoms with E-state index in [-0.39, 0.29) is 0 Å². The molecule has 0 aromatic rings. The van der Waals surface area contributed by atoms with Gasteiger partial charge in [-0.15, -0.1) is 0 Å². The molecule has 1 saturated carbocycles. The van der Waals surface area contributed by atoms with Crippen molar-refractivity contribution in [3.63, 3.8) is 0 Å². The van der Waals surface area contributed by atoms with Crippen LogP contribution in [0.4, 0.5) is 0 Å². The first-order valence-corrected chi connectivity index (χ1v) is 8.21. The van der Waals surface area contributed by atoms with E-state index in [0.717, 1.165) is 45.2 Å². The largest absolute Gasteiger partial charge is 0.385 e. The third-order valence-electron chi connectivity index (χ3n) is 4.88. The lowest BCUT2D eigenvalue weighted by Gasteiger charge is -2.35. The molecule has 0 aromatic heterocycles. The molecule has 0 spiro atoms. The Morgan fingerprint density at radius 2 is 2.00 bits per heavy atom. The lowest BCUT2D eigenvalue weighted by Crippen LogP contribution is -2.52. The van der Waals surface area contributed by atoms with Gasteiger partial charge >= 0.3 is 0 Å². The van der Waals surface area contributed by atoms with Crippen molar-refractivity contribution >= 4 is 0 Å². The predicted molar refractivity (Wildman–Crippen MR) is 82.1 cm³/mol. The van der Waals surface area contributed by atoms with Crippen LogP contribution >= 0.6 is 0 Å². The zero-order valence-electron chi connectivity index (χ0n) is 13.5. The molecule has 1 N–H and O–H groups in total. The fourth-order valence-electron chi connectivity index (χ4n) is 3.27. The summed E-state index contributed by atoms with van der Waals surface area (Å²) in [5.74, 6) is 0.887. The predicted octanol–water partition coefficient (Wildman–Crippen LogP) is 1.89.